The van der Waals surface area contributed by atoms with Crippen LogP contribution in [0.5, 0.6) is 0 Å². The molecule has 1 nitrogen and oxygen atoms in total. The van der Waals surface area contributed by atoms with Crippen molar-refractivity contribution in [2.24, 2.45) is 40.2 Å². The molecule has 4 bridgehead atoms. The number of nitrogens with two attached hydrogens (primary N) is 1. The van der Waals surface area contributed by atoms with Crippen LogP contribution < -0.4 is 5.73 Å². The molecule has 0 radical (unpaired) electrons. The lowest BCUT2D eigenvalue weighted by molar-refractivity contribution is -0.142. The summed E-state index contributed by atoms with van der Waals surface area (Å²) in [6.07, 6.45) is 15.1. The summed E-state index contributed by atoms with van der Waals surface area (Å²) >= 11 is 0. The normalized spacial score (nSPS) is 48.6. The Hall–Kier alpha value is -0.0400. The van der Waals surface area contributed by atoms with E-state index in [2.05, 4.69) is 6.92 Å². The highest BCUT2D eigenvalue weighted by atomic mass is 14.7. The van der Waals surface area contributed by atoms with E-state index in [1.54, 1.807) is 19.3 Å². The van der Waals surface area contributed by atoms with Gasteiger partial charge < -0.3 is 5.73 Å². The minimum absolute atomic E-state index is 0.458. The highest BCUT2D eigenvalue weighted by molar-refractivity contribution is 5.10. The van der Waals surface area contributed by atoms with Crippen LogP contribution in [0.4, 0.5) is 0 Å². The molecule has 0 aromatic heterocycles. The quantitative estimate of drug-likeness (QED) is 0.802. The van der Waals surface area contributed by atoms with Crippen LogP contribution in [0.3, 0.4) is 0 Å². The van der Waals surface area contributed by atoms with Gasteiger partial charge >= 0.3 is 0 Å². The molecule has 0 aliphatic heterocycles. The van der Waals surface area contributed by atoms with Crippen LogP contribution in [-0.4, -0.2) is 6.54 Å². The molecular formula is C18H31N. The van der Waals surface area contributed by atoms with E-state index in [1.165, 1.54) is 44.9 Å². The summed E-state index contributed by atoms with van der Waals surface area (Å²) < 4.78 is 0. The second-order valence-corrected chi connectivity index (χ2v) is 8.80. The second kappa shape index (κ2) is 4.23. The Morgan fingerprint density at radius 1 is 0.947 bits per heavy atom. The molecule has 5 rings (SSSR count). The van der Waals surface area contributed by atoms with Gasteiger partial charge in [-0.05, 0) is 92.4 Å². The van der Waals surface area contributed by atoms with Crippen molar-refractivity contribution in [1.29, 1.82) is 0 Å². The van der Waals surface area contributed by atoms with Gasteiger partial charge in [0.1, 0.15) is 0 Å². The van der Waals surface area contributed by atoms with E-state index < -0.39 is 0 Å². The lowest BCUT2D eigenvalue weighted by Crippen LogP contribution is -2.58. The summed E-state index contributed by atoms with van der Waals surface area (Å²) in [5.41, 5.74) is 7.51. The standard InChI is InChI=1S/C18H31N/c1-17(12-19,16-4-2-3-5-16)18-9-13-6-14(10-18)8-15(7-13)11-18/h13-16H,2-12,19H2,1H3. The van der Waals surface area contributed by atoms with Crippen LogP contribution in [0.25, 0.3) is 0 Å². The van der Waals surface area contributed by atoms with Crippen molar-refractivity contribution in [3.05, 3.63) is 0 Å². The molecule has 5 saturated carbocycles. The molecule has 0 saturated heterocycles. The van der Waals surface area contributed by atoms with Gasteiger partial charge in [-0.3, -0.25) is 0 Å². The average molecular weight is 261 g/mol. The molecule has 5 aliphatic rings. The average Bonchev–Trinajstić information content (AvgIpc) is 2.90. The van der Waals surface area contributed by atoms with E-state index in [0.717, 1.165) is 30.2 Å². The summed E-state index contributed by atoms with van der Waals surface area (Å²) in [5.74, 6) is 4.14. The Kier molecular flexibility index (Phi) is 2.82. The molecule has 0 aromatic rings. The van der Waals surface area contributed by atoms with Crippen LogP contribution in [0.2, 0.25) is 0 Å². The fourth-order valence-electron chi connectivity index (χ4n) is 7.19. The van der Waals surface area contributed by atoms with E-state index in [-0.39, 0.29) is 0 Å². The van der Waals surface area contributed by atoms with E-state index >= 15 is 0 Å². The minimum atomic E-state index is 0.458. The third-order valence-corrected chi connectivity index (χ3v) is 7.93. The highest BCUT2D eigenvalue weighted by Gasteiger charge is 2.60. The Balaban J connectivity index is 1.68. The lowest BCUT2D eigenvalue weighted by Gasteiger charge is -2.64. The molecule has 0 spiro atoms. The van der Waals surface area contributed by atoms with Crippen LogP contribution in [0.1, 0.15) is 71.1 Å². The maximum atomic E-state index is 6.41. The first-order valence-corrected chi connectivity index (χ1v) is 8.85. The summed E-state index contributed by atoms with van der Waals surface area (Å²) in [5, 5.41) is 0. The van der Waals surface area contributed by atoms with Gasteiger partial charge in [-0.15, -0.1) is 0 Å². The molecule has 0 amide bonds. The van der Waals surface area contributed by atoms with Crippen LogP contribution in [0.15, 0.2) is 0 Å². The van der Waals surface area contributed by atoms with Gasteiger partial charge in [-0.1, -0.05) is 19.8 Å². The van der Waals surface area contributed by atoms with Crippen molar-refractivity contribution in [3.63, 3.8) is 0 Å². The SMILES string of the molecule is CC(CN)(C1CCCC1)C12CC3CC(CC(C3)C1)C2. The minimum Gasteiger partial charge on any atom is -0.330 e. The zero-order valence-electron chi connectivity index (χ0n) is 12.7. The number of hydrogen-bond acceptors (Lipinski definition) is 1. The fraction of sp³-hybridized carbons (Fsp3) is 1.00. The Bertz CT molecular complexity index is 319. The predicted octanol–water partition coefficient (Wildman–Crippen LogP) is 4.36. The van der Waals surface area contributed by atoms with E-state index in [1.807, 2.05) is 0 Å². The van der Waals surface area contributed by atoms with Crippen LogP contribution in [0, 0.1) is 34.5 Å². The Morgan fingerprint density at radius 3 is 1.84 bits per heavy atom. The largest absolute Gasteiger partial charge is 0.330 e. The topological polar surface area (TPSA) is 26.0 Å². The monoisotopic (exact) mass is 261 g/mol. The van der Waals surface area contributed by atoms with Gasteiger partial charge in [-0.25, -0.2) is 0 Å². The highest BCUT2D eigenvalue weighted by Crippen LogP contribution is 2.68. The molecule has 108 valence electrons. The first kappa shape index (κ1) is 12.7. The van der Waals surface area contributed by atoms with Gasteiger partial charge in [0.15, 0.2) is 0 Å². The van der Waals surface area contributed by atoms with Gasteiger partial charge in [0.05, 0.1) is 0 Å². The molecule has 5 aliphatic carbocycles. The molecular weight excluding hydrogens is 230 g/mol. The zero-order valence-corrected chi connectivity index (χ0v) is 12.7. The van der Waals surface area contributed by atoms with Gasteiger partial charge in [-0.2, -0.15) is 0 Å². The molecule has 1 heteroatoms. The molecule has 1 atom stereocenters. The second-order valence-electron chi connectivity index (χ2n) is 8.80. The first-order chi connectivity index (χ1) is 9.15. The summed E-state index contributed by atoms with van der Waals surface area (Å²) in [6, 6.07) is 0. The molecule has 1 unspecified atom stereocenters. The van der Waals surface area contributed by atoms with Crippen molar-refractivity contribution in [2.45, 2.75) is 71.1 Å². The smallest absolute Gasteiger partial charge is 0.00152 e. The van der Waals surface area contributed by atoms with Crippen LogP contribution in [-0.2, 0) is 0 Å². The van der Waals surface area contributed by atoms with Gasteiger partial charge in [0.2, 0.25) is 0 Å². The predicted molar refractivity (Wildman–Crippen MR) is 79.7 cm³/mol. The van der Waals surface area contributed by atoms with Crippen LogP contribution >= 0.6 is 0 Å². The van der Waals surface area contributed by atoms with E-state index in [4.69, 9.17) is 5.73 Å². The molecule has 0 aromatic carbocycles. The number of rotatable bonds is 3. The molecule has 2 N–H and O–H groups in total. The maximum Gasteiger partial charge on any atom is -0.00152 e. The maximum absolute atomic E-state index is 6.41. The van der Waals surface area contributed by atoms with Crippen molar-refractivity contribution in [3.8, 4) is 0 Å². The Labute approximate surface area is 118 Å². The third-order valence-electron chi connectivity index (χ3n) is 7.93. The lowest BCUT2D eigenvalue weighted by atomic mass is 9.41. The van der Waals surface area contributed by atoms with E-state index in [0.29, 0.717) is 10.8 Å². The molecule has 19 heavy (non-hydrogen) atoms. The number of hydrogen-bond donors (Lipinski definition) is 1. The third kappa shape index (κ3) is 1.69. The van der Waals surface area contributed by atoms with E-state index in [9.17, 15) is 0 Å². The zero-order chi connectivity index (χ0) is 13.1. The van der Waals surface area contributed by atoms with Crippen molar-refractivity contribution < 1.29 is 0 Å². The Morgan fingerprint density at radius 2 is 1.42 bits per heavy atom. The summed E-state index contributed by atoms with van der Waals surface area (Å²) in [7, 11) is 0. The molecule has 0 heterocycles. The van der Waals surface area contributed by atoms with Crippen molar-refractivity contribution >= 4 is 0 Å². The first-order valence-electron chi connectivity index (χ1n) is 8.85. The van der Waals surface area contributed by atoms with Gasteiger partial charge in [0, 0.05) is 0 Å². The molecule has 5 fully saturated rings. The fourth-order valence-corrected chi connectivity index (χ4v) is 7.19. The van der Waals surface area contributed by atoms with Gasteiger partial charge in [0.25, 0.3) is 0 Å². The van der Waals surface area contributed by atoms with Crippen molar-refractivity contribution in [1.82, 2.24) is 0 Å². The van der Waals surface area contributed by atoms with Crippen molar-refractivity contribution in [2.75, 3.05) is 6.54 Å². The summed E-state index contributed by atoms with van der Waals surface area (Å²) in [4.78, 5) is 0. The summed E-state index contributed by atoms with van der Waals surface area (Å²) in [6.45, 7) is 3.54.